The van der Waals surface area contributed by atoms with Gasteiger partial charge in [0.05, 0.1) is 23.7 Å². The molecule has 1 saturated heterocycles. The van der Waals surface area contributed by atoms with E-state index in [0.29, 0.717) is 17.4 Å². The van der Waals surface area contributed by atoms with E-state index in [9.17, 15) is 4.79 Å². The van der Waals surface area contributed by atoms with Gasteiger partial charge in [0, 0.05) is 41.6 Å². The molecule has 0 aliphatic carbocycles. The molecule has 0 spiro atoms. The Morgan fingerprint density at radius 1 is 1.08 bits per heavy atom. The van der Waals surface area contributed by atoms with Crippen molar-refractivity contribution in [1.82, 2.24) is 14.9 Å². The van der Waals surface area contributed by atoms with Crippen molar-refractivity contribution in [2.75, 3.05) is 37.4 Å². The summed E-state index contributed by atoms with van der Waals surface area (Å²) in [5, 5.41) is 6.79. The molecule has 1 fully saturated rings. The Kier molecular flexibility index (Phi) is 6.14. The van der Waals surface area contributed by atoms with Crippen LogP contribution in [0.5, 0.6) is 5.75 Å². The molecule has 37 heavy (non-hydrogen) atoms. The molecule has 0 bridgehead atoms. The number of H-pyrrole nitrogens is 1. The summed E-state index contributed by atoms with van der Waals surface area (Å²) in [6.45, 7) is 5.53. The number of aromatic amines is 1. The van der Waals surface area contributed by atoms with Crippen LogP contribution >= 0.6 is 0 Å². The molecule has 2 aliphatic rings. The van der Waals surface area contributed by atoms with Crippen LogP contribution in [0.1, 0.15) is 36.7 Å². The first-order valence-corrected chi connectivity index (χ1v) is 12.9. The van der Waals surface area contributed by atoms with Gasteiger partial charge in [0.1, 0.15) is 11.6 Å². The number of nitrogens with one attached hydrogen (secondary N) is 3. The molecule has 0 atom stereocenters. The molecule has 188 valence electrons. The Morgan fingerprint density at radius 3 is 2.70 bits per heavy atom. The van der Waals surface area contributed by atoms with Gasteiger partial charge in [-0.15, -0.1) is 0 Å². The lowest BCUT2D eigenvalue weighted by Crippen LogP contribution is -2.38. The number of rotatable bonds is 6. The number of imidazole rings is 1. The van der Waals surface area contributed by atoms with Gasteiger partial charge in [0.2, 0.25) is 0 Å². The van der Waals surface area contributed by atoms with Crippen molar-refractivity contribution >= 4 is 39.5 Å². The second kappa shape index (κ2) is 9.75. The fourth-order valence-corrected chi connectivity index (χ4v) is 5.38. The molecule has 3 aromatic carbocycles. The average Bonchev–Trinajstić information content (AvgIpc) is 3.50. The van der Waals surface area contributed by atoms with Gasteiger partial charge in [0.15, 0.2) is 0 Å². The van der Waals surface area contributed by atoms with E-state index in [1.807, 2.05) is 54.6 Å². The van der Waals surface area contributed by atoms with E-state index < -0.39 is 0 Å². The average molecular weight is 494 g/mol. The summed E-state index contributed by atoms with van der Waals surface area (Å²) in [6, 6.07) is 22.2. The van der Waals surface area contributed by atoms with E-state index in [2.05, 4.69) is 39.6 Å². The smallest absolute Gasteiger partial charge is 0.257 e. The second-order valence-electron chi connectivity index (χ2n) is 9.65. The number of hydrogen-bond acceptors (Lipinski definition) is 5. The maximum Gasteiger partial charge on any atom is 0.257 e. The first kappa shape index (κ1) is 23.3. The van der Waals surface area contributed by atoms with Gasteiger partial charge in [-0.3, -0.25) is 4.79 Å². The number of hydrogen-bond donors (Lipinski definition) is 3. The van der Waals surface area contributed by atoms with Crippen molar-refractivity contribution in [3.05, 3.63) is 83.7 Å². The molecule has 0 radical (unpaired) electrons. The number of nitrogens with zero attached hydrogens (tertiary/aromatic N) is 2. The van der Waals surface area contributed by atoms with Crippen molar-refractivity contribution in [3.8, 4) is 5.75 Å². The quantitative estimate of drug-likeness (QED) is 0.314. The SMILES string of the molecule is CCN1CCC(Nc2ccc3c(c2)C(=C(c2cccc(OC)c2)c2nc4ccccc4[nH]2)C(=O)N3)CC1. The number of carbonyl (C=O) groups is 1. The maximum atomic E-state index is 13.5. The number of anilines is 2. The van der Waals surface area contributed by atoms with Gasteiger partial charge in [-0.25, -0.2) is 4.98 Å². The lowest BCUT2D eigenvalue weighted by Gasteiger charge is -2.32. The van der Waals surface area contributed by atoms with E-state index in [1.165, 1.54) is 0 Å². The minimum Gasteiger partial charge on any atom is -0.497 e. The number of benzene rings is 3. The van der Waals surface area contributed by atoms with Crippen LogP contribution in [-0.4, -0.2) is 53.6 Å². The van der Waals surface area contributed by atoms with E-state index >= 15 is 0 Å². The Hall–Kier alpha value is -4.10. The zero-order chi connectivity index (χ0) is 25.4. The van der Waals surface area contributed by atoms with Crippen LogP contribution in [0.15, 0.2) is 66.7 Å². The Labute approximate surface area is 216 Å². The summed E-state index contributed by atoms with van der Waals surface area (Å²) in [4.78, 5) is 24.3. The van der Waals surface area contributed by atoms with Crippen molar-refractivity contribution < 1.29 is 9.53 Å². The van der Waals surface area contributed by atoms with Crippen molar-refractivity contribution in [1.29, 1.82) is 0 Å². The molecule has 1 aromatic heterocycles. The summed E-state index contributed by atoms with van der Waals surface area (Å²) in [6.07, 6.45) is 2.22. The summed E-state index contributed by atoms with van der Waals surface area (Å²) in [5.41, 5.74) is 6.70. The van der Waals surface area contributed by atoms with Gasteiger partial charge >= 0.3 is 0 Å². The molecule has 0 unspecified atom stereocenters. The molecular weight excluding hydrogens is 462 g/mol. The van der Waals surface area contributed by atoms with E-state index in [0.717, 1.165) is 77.3 Å². The van der Waals surface area contributed by atoms with Gasteiger partial charge in [-0.2, -0.15) is 0 Å². The molecule has 3 N–H and O–H groups in total. The predicted octanol–water partition coefficient (Wildman–Crippen LogP) is 5.38. The molecule has 7 heteroatoms. The largest absolute Gasteiger partial charge is 0.497 e. The molecule has 3 heterocycles. The van der Waals surface area contributed by atoms with Gasteiger partial charge in [-0.05, 0) is 67.4 Å². The first-order chi connectivity index (χ1) is 18.1. The minimum atomic E-state index is -0.137. The van der Waals surface area contributed by atoms with Crippen LogP contribution in [0, 0.1) is 0 Å². The zero-order valence-electron chi connectivity index (χ0n) is 21.2. The third-order valence-corrected chi connectivity index (χ3v) is 7.40. The van der Waals surface area contributed by atoms with Crippen molar-refractivity contribution in [2.24, 2.45) is 0 Å². The van der Waals surface area contributed by atoms with Crippen LogP contribution in [0.2, 0.25) is 0 Å². The summed E-state index contributed by atoms with van der Waals surface area (Å²) in [5.74, 6) is 1.23. The number of amides is 1. The molecule has 6 rings (SSSR count). The van der Waals surface area contributed by atoms with Crippen LogP contribution in [0.25, 0.3) is 22.2 Å². The normalized spacial score (nSPS) is 17.5. The van der Waals surface area contributed by atoms with Gasteiger partial charge in [-0.1, -0.05) is 31.2 Å². The summed E-state index contributed by atoms with van der Waals surface area (Å²) >= 11 is 0. The van der Waals surface area contributed by atoms with Gasteiger partial charge in [0.25, 0.3) is 5.91 Å². The molecular formula is C30H31N5O2. The van der Waals surface area contributed by atoms with E-state index in [1.54, 1.807) is 7.11 Å². The molecule has 1 amide bonds. The monoisotopic (exact) mass is 493 g/mol. The fraction of sp³-hybridized carbons (Fsp3) is 0.267. The standard InChI is InChI=1S/C30H31N5O2/c1-3-35-15-13-20(14-16-35)31-21-11-12-24-23(18-21)28(30(36)34-24)27(19-7-6-8-22(17-19)37-2)29-32-25-9-4-5-10-26(25)33-29/h4-12,17-18,20,31H,3,13-16H2,1-2H3,(H,32,33)(H,34,36). The lowest BCUT2D eigenvalue weighted by molar-refractivity contribution is -0.110. The van der Waals surface area contributed by atoms with Crippen molar-refractivity contribution in [2.45, 2.75) is 25.8 Å². The topological polar surface area (TPSA) is 82.3 Å². The van der Waals surface area contributed by atoms with Crippen LogP contribution < -0.4 is 15.4 Å². The first-order valence-electron chi connectivity index (χ1n) is 12.9. The number of carbonyl (C=O) groups excluding carboxylic acids is 1. The van der Waals surface area contributed by atoms with E-state index in [4.69, 9.17) is 9.72 Å². The van der Waals surface area contributed by atoms with Crippen LogP contribution in [0.3, 0.4) is 0 Å². The lowest BCUT2D eigenvalue weighted by atomic mass is 9.94. The van der Waals surface area contributed by atoms with Crippen LogP contribution in [-0.2, 0) is 4.79 Å². The maximum absolute atomic E-state index is 13.5. The minimum absolute atomic E-state index is 0.137. The molecule has 2 aliphatic heterocycles. The van der Waals surface area contributed by atoms with Crippen molar-refractivity contribution in [3.63, 3.8) is 0 Å². The highest BCUT2D eigenvalue weighted by molar-refractivity contribution is 6.38. The third kappa shape index (κ3) is 4.47. The van der Waals surface area contributed by atoms with E-state index in [-0.39, 0.29) is 5.91 Å². The number of para-hydroxylation sites is 2. The number of piperidine rings is 1. The number of ether oxygens (including phenoxy) is 1. The number of fused-ring (bicyclic) bond motifs is 2. The Balaban J connectivity index is 1.46. The Bertz CT molecular complexity index is 1460. The fourth-order valence-electron chi connectivity index (χ4n) is 5.38. The highest BCUT2D eigenvalue weighted by atomic mass is 16.5. The summed E-state index contributed by atoms with van der Waals surface area (Å²) < 4.78 is 5.51. The zero-order valence-corrected chi connectivity index (χ0v) is 21.2. The highest BCUT2D eigenvalue weighted by Crippen LogP contribution is 2.41. The van der Waals surface area contributed by atoms with Gasteiger partial charge < -0.3 is 25.3 Å². The highest BCUT2D eigenvalue weighted by Gasteiger charge is 2.31. The Morgan fingerprint density at radius 2 is 1.92 bits per heavy atom. The van der Waals surface area contributed by atoms with Crippen LogP contribution in [0.4, 0.5) is 11.4 Å². The third-order valence-electron chi connectivity index (χ3n) is 7.40. The number of methoxy groups -OCH3 is 1. The number of aromatic nitrogens is 2. The second-order valence-corrected chi connectivity index (χ2v) is 9.65. The molecule has 7 nitrogen and oxygen atoms in total. The predicted molar refractivity (Wildman–Crippen MR) is 149 cm³/mol. The number of likely N-dealkylation sites (tertiary alicyclic amines) is 1. The molecule has 0 saturated carbocycles. The molecule has 4 aromatic rings. The summed E-state index contributed by atoms with van der Waals surface area (Å²) in [7, 11) is 1.65.